The number of allylic oxidation sites excluding steroid dienone is 2. The van der Waals surface area contributed by atoms with E-state index in [2.05, 4.69) is 0 Å². The second kappa shape index (κ2) is 7.44. The summed E-state index contributed by atoms with van der Waals surface area (Å²) in [5, 5.41) is 10.2. The fourth-order valence-corrected chi connectivity index (χ4v) is 6.75. The smallest absolute Gasteiger partial charge is 0.234 e. The number of fused-ring (bicyclic) bond motifs is 4. The zero-order chi connectivity index (χ0) is 22.9. The Balaban J connectivity index is 1.66. The first-order chi connectivity index (χ1) is 15.3. The molecule has 0 bridgehead atoms. The van der Waals surface area contributed by atoms with Gasteiger partial charge in [-0.2, -0.15) is 0 Å². The minimum Gasteiger partial charge on any atom is -0.508 e. The highest BCUT2D eigenvalue weighted by atomic mass is 35.5. The van der Waals surface area contributed by atoms with Crippen LogP contribution in [0, 0.1) is 29.6 Å². The van der Waals surface area contributed by atoms with Crippen LogP contribution in [0.15, 0.2) is 29.8 Å². The van der Waals surface area contributed by atoms with Crippen molar-refractivity contribution in [2.24, 2.45) is 29.6 Å². The number of rotatable bonds is 3. The van der Waals surface area contributed by atoms with E-state index in [1.54, 1.807) is 19.9 Å². The maximum atomic E-state index is 13.3. The Morgan fingerprint density at radius 2 is 1.53 bits per heavy atom. The van der Waals surface area contributed by atoms with E-state index in [-0.39, 0.29) is 41.8 Å². The maximum absolute atomic E-state index is 13.3. The third-order valence-electron chi connectivity index (χ3n) is 7.78. The van der Waals surface area contributed by atoms with Crippen molar-refractivity contribution >= 4 is 35.2 Å². The summed E-state index contributed by atoms with van der Waals surface area (Å²) >= 11 is 6.52. The highest BCUT2D eigenvalue weighted by molar-refractivity contribution is 6.31. The van der Waals surface area contributed by atoms with E-state index in [4.69, 9.17) is 11.6 Å². The Bertz CT molecular complexity index is 1080. The number of carbonyl (C=O) groups is 4. The Morgan fingerprint density at radius 1 is 0.906 bits per heavy atom. The Morgan fingerprint density at radius 3 is 2.16 bits per heavy atom. The SMILES string of the molecule is CCN1C(=O)[C@H]2[C@H](CC=C3[C@H]2C[C@H]2C(=O)N(CC)C(=O)[C@H]2[C@H]3c2ccc(O)cc2Cl)C1=O. The van der Waals surface area contributed by atoms with Gasteiger partial charge in [-0.25, -0.2) is 0 Å². The molecule has 3 fully saturated rings. The standard InChI is InChI=1S/C24H25ClN2O5/c1-3-26-21(29)14-8-7-12-15(19(14)23(26)31)10-16-20(24(32)27(4-2)22(16)30)18(12)13-6-5-11(28)9-17(13)25/h5-7,9,14-16,18-20,28H,3-4,8,10H2,1-2H3/t14-,15+,16+,18+,19-,20+/m0/s1. The molecule has 5 rings (SSSR count). The molecule has 2 saturated heterocycles. The summed E-state index contributed by atoms with van der Waals surface area (Å²) in [5.41, 5.74) is 1.58. The number of phenols is 1. The predicted octanol–water partition coefficient (Wildman–Crippen LogP) is 2.72. The second-order valence-electron chi connectivity index (χ2n) is 9.07. The van der Waals surface area contributed by atoms with Crippen molar-refractivity contribution in [2.75, 3.05) is 13.1 Å². The number of nitrogens with zero attached hydrogens (tertiary/aromatic N) is 2. The number of hydrogen-bond acceptors (Lipinski definition) is 5. The first kappa shape index (κ1) is 21.2. The van der Waals surface area contributed by atoms with Gasteiger partial charge in [0.2, 0.25) is 23.6 Å². The molecule has 4 aliphatic rings. The number of likely N-dealkylation sites (tertiary alicyclic amines) is 2. The van der Waals surface area contributed by atoms with Crippen LogP contribution in [0.4, 0.5) is 0 Å². The highest BCUT2D eigenvalue weighted by Gasteiger charge is 2.61. The fraction of sp³-hybridized carbons (Fsp3) is 0.500. The fourth-order valence-electron chi connectivity index (χ4n) is 6.46. The number of aromatic hydroxyl groups is 1. The van der Waals surface area contributed by atoms with E-state index in [9.17, 15) is 24.3 Å². The topological polar surface area (TPSA) is 95.0 Å². The van der Waals surface area contributed by atoms with Crippen LogP contribution in [0.25, 0.3) is 0 Å². The van der Waals surface area contributed by atoms with Crippen LogP contribution in [-0.2, 0) is 19.2 Å². The zero-order valence-electron chi connectivity index (χ0n) is 18.0. The minimum atomic E-state index is -0.599. The first-order valence-electron chi connectivity index (χ1n) is 11.2. The molecule has 0 radical (unpaired) electrons. The molecule has 1 aromatic carbocycles. The van der Waals surface area contributed by atoms with E-state index in [0.29, 0.717) is 30.0 Å². The molecule has 8 heteroatoms. The van der Waals surface area contributed by atoms with Crippen molar-refractivity contribution in [3.63, 3.8) is 0 Å². The van der Waals surface area contributed by atoms with E-state index >= 15 is 0 Å². The van der Waals surface area contributed by atoms with Gasteiger partial charge in [-0.3, -0.25) is 29.0 Å². The Hall–Kier alpha value is -2.67. The zero-order valence-corrected chi connectivity index (χ0v) is 18.7. The average molecular weight is 457 g/mol. The third kappa shape index (κ3) is 2.73. The molecule has 4 amide bonds. The number of amides is 4. The van der Waals surface area contributed by atoms with E-state index in [1.165, 1.54) is 21.9 Å². The summed E-state index contributed by atoms with van der Waals surface area (Å²) in [6.45, 7) is 4.18. The molecule has 0 aromatic heterocycles. The Labute approximate surface area is 191 Å². The van der Waals surface area contributed by atoms with Crippen molar-refractivity contribution in [2.45, 2.75) is 32.6 Å². The molecule has 1 aromatic rings. The van der Waals surface area contributed by atoms with Gasteiger partial charge < -0.3 is 5.11 Å². The molecule has 2 aliphatic carbocycles. The van der Waals surface area contributed by atoms with Crippen molar-refractivity contribution in [1.82, 2.24) is 9.80 Å². The predicted molar refractivity (Wildman–Crippen MR) is 115 cm³/mol. The number of hydrogen-bond donors (Lipinski definition) is 1. The normalized spacial score (nSPS) is 33.9. The number of carbonyl (C=O) groups excluding carboxylic acids is 4. The summed E-state index contributed by atoms with van der Waals surface area (Å²) in [6, 6.07) is 4.65. The number of halogens is 1. The van der Waals surface area contributed by atoms with Crippen LogP contribution in [0.1, 0.15) is 38.2 Å². The lowest BCUT2D eigenvalue weighted by Gasteiger charge is -2.44. The van der Waals surface area contributed by atoms with Gasteiger partial charge in [-0.1, -0.05) is 29.3 Å². The van der Waals surface area contributed by atoms with Crippen LogP contribution >= 0.6 is 11.6 Å². The van der Waals surface area contributed by atoms with Crippen LogP contribution < -0.4 is 0 Å². The monoisotopic (exact) mass is 456 g/mol. The lowest BCUT2D eigenvalue weighted by atomic mass is 9.57. The molecule has 1 saturated carbocycles. The molecular formula is C24H25ClN2O5. The molecule has 1 N–H and O–H groups in total. The lowest BCUT2D eigenvalue weighted by Crippen LogP contribution is -2.43. The highest BCUT2D eigenvalue weighted by Crippen LogP contribution is 2.58. The third-order valence-corrected chi connectivity index (χ3v) is 8.11. The molecule has 0 spiro atoms. The molecule has 2 aliphatic heterocycles. The van der Waals surface area contributed by atoms with Gasteiger partial charge in [0, 0.05) is 24.0 Å². The number of benzene rings is 1. The molecule has 7 nitrogen and oxygen atoms in total. The van der Waals surface area contributed by atoms with Crippen LogP contribution in [0.3, 0.4) is 0 Å². The van der Waals surface area contributed by atoms with Gasteiger partial charge in [0.15, 0.2) is 0 Å². The van der Waals surface area contributed by atoms with Crippen LogP contribution in [0.2, 0.25) is 5.02 Å². The summed E-state index contributed by atoms with van der Waals surface area (Å²) in [5.74, 6) is -3.62. The molecule has 168 valence electrons. The molecular weight excluding hydrogens is 432 g/mol. The van der Waals surface area contributed by atoms with Gasteiger partial charge in [0.05, 0.1) is 23.7 Å². The summed E-state index contributed by atoms with van der Waals surface area (Å²) < 4.78 is 0. The summed E-state index contributed by atoms with van der Waals surface area (Å²) in [6.07, 6.45) is 2.80. The van der Waals surface area contributed by atoms with Gasteiger partial charge in [0.1, 0.15) is 5.75 Å². The summed E-state index contributed by atoms with van der Waals surface area (Å²) in [7, 11) is 0. The van der Waals surface area contributed by atoms with E-state index in [1.807, 2.05) is 6.08 Å². The summed E-state index contributed by atoms with van der Waals surface area (Å²) in [4.78, 5) is 55.2. The number of phenolic OH excluding ortho intramolecular Hbond substituents is 1. The van der Waals surface area contributed by atoms with Gasteiger partial charge in [-0.15, -0.1) is 0 Å². The second-order valence-corrected chi connectivity index (χ2v) is 9.48. The molecule has 0 unspecified atom stereocenters. The first-order valence-corrected chi connectivity index (χ1v) is 11.6. The van der Waals surface area contributed by atoms with Gasteiger partial charge >= 0.3 is 0 Å². The van der Waals surface area contributed by atoms with Gasteiger partial charge in [-0.05, 0) is 50.3 Å². The maximum Gasteiger partial charge on any atom is 0.234 e. The van der Waals surface area contributed by atoms with Crippen LogP contribution in [-0.4, -0.2) is 51.6 Å². The average Bonchev–Trinajstić information content (AvgIpc) is 3.16. The largest absolute Gasteiger partial charge is 0.508 e. The molecule has 32 heavy (non-hydrogen) atoms. The minimum absolute atomic E-state index is 0.0134. The van der Waals surface area contributed by atoms with E-state index < -0.39 is 29.6 Å². The van der Waals surface area contributed by atoms with Crippen LogP contribution in [0.5, 0.6) is 5.75 Å². The molecule has 6 atom stereocenters. The lowest BCUT2D eigenvalue weighted by molar-refractivity contribution is -0.141. The quantitative estimate of drug-likeness (QED) is 0.557. The van der Waals surface area contributed by atoms with Crippen molar-refractivity contribution in [3.05, 3.63) is 40.4 Å². The van der Waals surface area contributed by atoms with Gasteiger partial charge in [0.25, 0.3) is 0 Å². The Kier molecular flexibility index (Phi) is 4.93. The molecule has 2 heterocycles. The van der Waals surface area contributed by atoms with Crippen molar-refractivity contribution < 1.29 is 24.3 Å². The van der Waals surface area contributed by atoms with Crippen molar-refractivity contribution in [1.29, 1.82) is 0 Å². The number of imide groups is 2. The van der Waals surface area contributed by atoms with E-state index in [0.717, 1.165) is 5.57 Å². The van der Waals surface area contributed by atoms with Crippen molar-refractivity contribution in [3.8, 4) is 5.75 Å².